The molecule has 1 aliphatic carbocycles. The van der Waals surface area contributed by atoms with Crippen molar-refractivity contribution in [1.82, 2.24) is 5.32 Å². The molecule has 0 saturated heterocycles. The number of hydrogen-bond acceptors (Lipinski definition) is 2. The smallest absolute Gasteiger partial charge is 0.0445 e. The lowest BCUT2D eigenvalue weighted by Crippen LogP contribution is -2.35. The van der Waals surface area contributed by atoms with E-state index in [4.69, 9.17) is 0 Å². The molecule has 0 aromatic carbocycles. The quantitative estimate of drug-likeness (QED) is 0.659. The van der Waals surface area contributed by atoms with Crippen LogP contribution in [0.1, 0.15) is 76.1 Å². The van der Waals surface area contributed by atoms with E-state index < -0.39 is 0 Å². The molecule has 1 aromatic rings. The van der Waals surface area contributed by atoms with Crippen LogP contribution in [-0.2, 0) is 0 Å². The van der Waals surface area contributed by atoms with Crippen molar-refractivity contribution in [3.05, 3.63) is 22.4 Å². The van der Waals surface area contributed by atoms with Crippen molar-refractivity contribution in [3.8, 4) is 0 Å². The Labute approximate surface area is 122 Å². The first-order valence-electron chi connectivity index (χ1n) is 8.14. The zero-order valence-corrected chi connectivity index (χ0v) is 13.3. The van der Waals surface area contributed by atoms with Gasteiger partial charge in [-0.15, -0.1) is 11.3 Å². The summed E-state index contributed by atoms with van der Waals surface area (Å²) in [4.78, 5) is 1.56. The first kappa shape index (κ1) is 15.1. The molecule has 1 aliphatic rings. The molecule has 1 heterocycles. The summed E-state index contributed by atoms with van der Waals surface area (Å²) >= 11 is 1.93. The van der Waals surface area contributed by atoms with Gasteiger partial charge in [0.15, 0.2) is 0 Å². The summed E-state index contributed by atoms with van der Waals surface area (Å²) in [7, 11) is 0. The summed E-state index contributed by atoms with van der Waals surface area (Å²) in [6.45, 7) is 4.62. The second-order valence-corrected chi connectivity index (χ2v) is 6.93. The van der Waals surface area contributed by atoms with Gasteiger partial charge in [-0.2, -0.15) is 0 Å². The minimum Gasteiger partial charge on any atom is -0.306 e. The van der Waals surface area contributed by atoms with Crippen molar-refractivity contribution in [1.29, 1.82) is 0 Å². The lowest BCUT2D eigenvalue weighted by atomic mass is 9.94. The van der Waals surface area contributed by atoms with E-state index in [9.17, 15) is 0 Å². The highest BCUT2D eigenvalue weighted by atomic mass is 32.1. The highest BCUT2D eigenvalue weighted by molar-refractivity contribution is 7.10. The Balaban J connectivity index is 2.00. The third kappa shape index (κ3) is 4.32. The monoisotopic (exact) mass is 279 g/mol. The molecule has 2 atom stereocenters. The molecule has 0 aliphatic heterocycles. The third-order valence-corrected chi connectivity index (χ3v) is 5.49. The molecular weight excluding hydrogens is 250 g/mol. The summed E-state index contributed by atoms with van der Waals surface area (Å²) in [5, 5.41) is 6.22. The summed E-state index contributed by atoms with van der Waals surface area (Å²) in [6.07, 6.45) is 11.0. The lowest BCUT2D eigenvalue weighted by Gasteiger charge is -2.29. The van der Waals surface area contributed by atoms with Gasteiger partial charge in [-0.25, -0.2) is 0 Å². The Hall–Kier alpha value is -0.340. The number of nitrogens with one attached hydrogen (secondary N) is 1. The summed E-state index contributed by atoms with van der Waals surface area (Å²) < 4.78 is 0. The van der Waals surface area contributed by atoms with Gasteiger partial charge in [0, 0.05) is 17.0 Å². The van der Waals surface area contributed by atoms with E-state index in [0.717, 1.165) is 5.92 Å². The highest BCUT2D eigenvalue weighted by Gasteiger charge is 2.28. The van der Waals surface area contributed by atoms with E-state index in [1.54, 1.807) is 4.88 Å². The highest BCUT2D eigenvalue weighted by Crippen LogP contribution is 2.38. The molecule has 1 nitrogen and oxygen atoms in total. The van der Waals surface area contributed by atoms with E-state index in [1.807, 2.05) is 11.3 Å². The van der Waals surface area contributed by atoms with E-state index in [2.05, 4.69) is 36.7 Å². The third-order valence-electron chi connectivity index (χ3n) is 4.54. The Morgan fingerprint density at radius 1 is 1.32 bits per heavy atom. The minimum absolute atomic E-state index is 0.615. The van der Waals surface area contributed by atoms with Crippen LogP contribution in [0.4, 0.5) is 0 Å². The number of rotatable bonds is 8. The average molecular weight is 279 g/mol. The fraction of sp³-hybridized carbons (Fsp3) is 0.765. The molecule has 0 amide bonds. The molecule has 2 heteroatoms. The second-order valence-electron chi connectivity index (χ2n) is 5.95. The van der Waals surface area contributed by atoms with Crippen LogP contribution in [0, 0.1) is 5.92 Å². The van der Waals surface area contributed by atoms with Crippen molar-refractivity contribution >= 4 is 11.3 Å². The van der Waals surface area contributed by atoms with Crippen LogP contribution in [0.25, 0.3) is 0 Å². The molecule has 1 saturated carbocycles. The van der Waals surface area contributed by atoms with Gasteiger partial charge in [-0.3, -0.25) is 0 Å². The van der Waals surface area contributed by atoms with Gasteiger partial charge in [0.2, 0.25) is 0 Å². The maximum Gasteiger partial charge on any atom is 0.0445 e. The van der Waals surface area contributed by atoms with Crippen molar-refractivity contribution in [3.63, 3.8) is 0 Å². The zero-order valence-electron chi connectivity index (χ0n) is 12.5. The van der Waals surface area contributed by atoms with Crippen LogP contribution < -0.4 is 5.32 Å². The van der Waals surface area contributed by atoms with Gasteiger partial charge in [0.25, 0.3) is 0 Å². The van der Waals surface area contributed by atoms with Gasteiger partial charge >= 0.3 is 0 Å². The topological polar surface area (TPSA) is 12.0 Å². The van der Waals surface area contributed by atoms with Gasteiger partial charge < -0.3 is 5.32 Å². The number of unbranched alkanes of at least 4 members (excludes halogenated alkanes) is 1. The lowest BCUT2D eigenvalue weighted by molar-refractivity contribution is 0.314. The zero-order chi connectivity index (χ0) is 13.5. The summed E-state index contributed by atoms with van der Waals surface area (Å²) in [5.41, 5.74) is 0. The van der Waals surface area contributed by atoms with Crippen LogP contribution in [0.3, 0.4) is 0 Å². The number of thiophene rings is 1. The predicted molar refractivity (Wildman–Crippen MR) is 85.8 cm³/mol. The normalized spacial score (nSPS) is 19.7. The molecule has 0 radical (unpaired) electrons. The van der Waals surface area contributed by atoms with Gasteiger partial charge in [-0.1, -0.05) is 45.6 Å². The standard InChI is InChI=1S/C17H29NS/c1-3-5-11-15(4-2)18-17(14-9-6-7-10-14)16-12-8-13-19-16/h8,12-15,17-18H,3-7,9-11H2,1-2H3. The van der Waals surface area contributed by atoms with Crippen LogP contribution in [0.15, 0.2) is 17.5 Å². The summed E-state index contributed by atoms with van der Waals surface area (Å²) in [6, 6.07) is 5.85. The SMILES string of the molecule is CCCCC(CC)NC(c1cccs1)C1CCCC1. The van der Waals surface area contributed by atoms with Gasteiger partial charge in [0.1, 0.15) is 0 Å². The van der Waals surface area contributed by atoms with Crippen molar-refractivity contribution < 1.29 is 0 Å². The van der Waals surface area contributed by atoms with Crippen molar-refractivity contribution in [2.24, 2.45) is 5.92 Å². The fourth-order valence-corrected chi connectivity index (χ4v) is 4.20. The molecule has 2 unspecified atom stereocenters. The van der Waals surface area contributed by atoms with Crippen LogP contribution in [-0.4, -0.2) is 6.04 Å². The van der Waals surface area contributed by atoms with E-state index in [-0.39, 0.29) is 0 Å². The maximum absolute atomic E-state index is 3.99. The Morgan fingerprint density at radius 3 is 2.68 bits per heavy atom. The first-order chi connectivity index (χ1) is 9.35. The average Bonchev–Trinajstić information content (AvgIpc) is 3.12. The van der Waals surface area contributed by atoms with Crippen LogP contribution >= 0.6 is 11.3 Å². The minimum atomic E-state index is 0.615. The Bertz CT molecular complexity index is 327. The Kier molecular flexibility index (Phi) is 6.39. The molecule has 19 heavy (non-hydrogen) atoms. The molecule has 1 aromatic heterocycles. The summed E-state index contributed by atoms with van der Waals surface area (Å²) in [5.74, 6) is 0.870. The van der Waals surface area contributed by atoms with E-state index >= 15 is 0 Å². The molecule has 0 bridgehead atoms. The number of hydrogen-bond donors (Lipinski definition) is 1. The molecule has 1 N–H and O–H groups in total. The van der Waals surface area contributed by atoms with Gasteiger partial charge in [-0.05, 0) is 43.0 Å². The largest absolute Gasteiger partial charge is 0.306 e. The molecule has 0 spiro atoms. The first-order valence-corrected chi connectivity index (χ1v) is 9.02. The second kappa shape index (κ2) is 8.06. The van der Waals surface area contributed by atoms with Crippen LogP contribution in [0.5, 0.6) is 0 Å². The van der Waals surface area contributed by atoms with Gasteiger partial charge in [0.05, 0.1) is 0 Å². The fourth-order valence-electron chi connectivity index (χ4n) is 3.32. The predicted octanol–water partition coefficient (Wildman–Crippen LogP) is 5.54. The van der Waals surface area contributed by atoms with E-state index in [1.165, 1.54) is 51.4 Å². The maximum atomic E-state index is 3.99. The molecule has 1 fully saturated rings. The molecular formula is C17H29NS. The van der Waals surface area contributed by atoms with Crippen LogP contribution in [0.2, 0.25) is 0 Å². The molecule has 108 valence electrons. The molecule has 2 rings (SSSR count). The van der Waals surface area contributed by atoms with Crippen molar-refractivity contribution in [2.45, 2.75) is 77.3 Å². The van der Waals surface area contributed by atoms with E-state index in [0.29, 0.717) is 12.1 Å². The van der Waals surface area contributed by atoms with Crippen molar-refractivity contribution in [2.75, 3.05) is 0 Å². The Morgan fingerprint density at radius 2 is 2.11 bits per heavy atom.